The molecular formula is C14H13ClFN3S. The van der Waals surface area contributed by atoms with Gasteiger partial charge in [-0.2, -0.15) is 0 Å². The number of alkyl halides is 1. The van der Waals surface area contributed by atoms with Gasteiger partial charge in [0, 0.05) is 23.4 Å². The average Bonchev–Trinajstić information content (AvgIpc) is 2.96. The number of fused-ring (bicyclic) bond motifs is 1. The number of halogens is 2. The number of aromatic nitrogens is 3. The van der Waals surface area contributed by atoms with E-state index in [1.807, 2.05) is 16.9 Å². The molecule has 0 aliphatic heterocycles. The minimum Gasteiger partial charge on any atom is -0.321 e. The van der Waals surface area contributed by atoms with E-state index in [0.29, 0.717) is 18.8 Å². The molecule has 3 rings (SSSR count). The molecule has 2 aromatic heterocycles. The Kier molecular flexibility index (Phi) is 3.72. The van der Waals surface area contributed by atoms with E-state index in [4.69, 9.17) is 11.6 Å². The Morgan fingerprint density at radius 1 is 1.35 bits per heavy atom. The van der Waals surface area contributed by atoms with Gasteiger partial charge in [0.15, 0.2) is 0 Å². The second-order valence-corrected chi connectivity index (χ2v) is 5.89. The van der Waals surface area contributed by atoms with Crippen LogP contribution in [0.1, 0.15) is 16.5 Å². The summed E-state index contributed by atoms with van der Waals surface area (Å²) in [6, 6.07) is 4.64. The Morgan fingerprint density at radius 3 is 2.90 bits per heavy atom. The molecule has 0 amide bonds. The lowest BCUT2D eigenvalue weighted by atomic mass is 10.3. The largest absolute Gasteiger partial charge is 0.321 e. The van der Waals surface area contributed by atoms with Crippen LogP contribution >= 0.6 is 22.9 Å². The van der Waals surface area contributed by atoms with E-state index < -0.39 is 0 Å². The Balaban J connectivity index is 2.09. The molecule has 0 aliphatic carbocycles. The van der Waals surface area contributed by atoms with Crippen LogP contribution in [-0.2, 0) is 13.0 Å². The summed E-state index contributed by atoms with van der Waals surface area (Å²) in [6.07, 6.45) is 0.655. The maximum atomic E-state index is 13.5. The van der Waals surface area contributed by atoms with E-state index >= 15 is 0 Å². The highest BCUT2D eigenvalue weighted by molar-refractivity contribution is 7.09. The molecule has 0 atom stereocenters. The van der Waals surface area contributed by atoms with Crippen molar-refractivity contribution in [3.05, 3.63) is 45.9 Å². The van der Waals surface area contributed by atoms with E-state index in [9.17, 15) is 4.39 Å². The molecule has 0 aliphatic rings. The predicted octanol–water partition coefficient (Wildman–Crippen LogP) is 3.77. The predicted molar refractivity (Wildman–Crippen MR) is 80.1 cm³/mol. The molecular weight excluding hydrogens is 297 g/mol. The zero-order valence-electron chi connectivity index (χ0n) is 10.9. The highest BCUT2D eigenvalue weighted by atomic mass is 35.5. The molecule has 0 spiro atoms. The fourth-order valence-corrected chi connectivity index (χ4v) is 3.14. The molecule has 0 saturated heterocycles. The van der Waals surface area contributed by atoms with Crippen LogP contribution in [0.15, 0.2) is 23.6 Å². The highest BCUT2D eigenvalue weighted by Crippen LogP contribution is 2.21. The van der Waals surface area contributed by atoms with Gasteiger partial charge in [-0.3, -0.25) is 0 Å². The van der Waals surface area contributed by atoms with E-state index in [2.05, 4.69) is 9.97 Å². The quantitative estimate of drug-likeness (QED) is 0.687. The van der Waals surface area contributed by atoms with Crippen LogP contribution in [0.25, 0.3) is 11.0 Å². The van der Waals surface area contributed by atoms with Gasteiger partial charge < -0.3 is 4.57 Å². The molecule has 0 unspecified atom stereocenters. The lowest BCUT2D eigenvalue weighted by Crippen LogP contribution is -2.06. The third-order valence-corrected chi connectivity index (χ3v) is 4.21. The van der Waals surface area contributed by atoms with Gasteiger partial charge in [0.25, 0.3) is 0 Å². The van der Waals surface area contributed by atoms with Crippen molar-refractivity contribution in [1.82, 2.24) is 14.5 Å². The Labute approximate surface area is 125 Å². The summed E-state index contributed by atoms with van der Waals surface area (Å²) in [5, 5.41) is 3.00. The fraction of sp³-hybridized carbons (Fsp3) is 0.286. The van der Waals surface area contributed by atoms with E-state index in [1.54, 1.807) is 17.4 Å². The topological polar surface area (TPSA) is 30.7 Å². The summed E-state index contributed by atoms with van der Waals surface area (Å²) in [5.74, 6) is 1.10. The Bertz CT molecular complexity index is 750. The van der Waals surface area contributed by atoms with Crippen molar-refractivity contribution in [2.24, 2.45) is 0 Å². The fourth-order valence-electron chi connectivity index (χ4n) is 2.21. The second-order valence-electron chi connectivity index (χ2n) is 4.57. The Morgan fingerprint density at radius 2 is 2.20 bits per heavy atom. The van der Waals surface area contributed by atoms with E-state index in [1.165, 1.54) is 12.1 Å². The molecule has 104 valence electrons. The SMILES string of the molecule is Cc1csc(Cn2c(CCCl)nc3ccc(F)cc32)n1. The van der Waals surface area contributed by atoms with E-state index in [-0.39, 0.29) is 5.82 Å². The van der Waals surface area contributed by atoms with Crippen LogP contribution in [0.5, 0.6) is 0 Å². The average molecular weight is 310 g/mol. The third-order valence-electron chi connectivity index (χ3n) is 3.07. The van der Waals surface area contributed by atoms with Crippen LogP contribution in [0, 0.1) is 12.7 Å². The maximum Gasteiger partial charge on any atom is 0.125 e. The molecule has 3 nitrogen and oxygen atoms in total. The first-order chi connectivity index (χ1) is 9.67. The number of imidazole rings is 1. The van der Waals surface area contributed by atoms with Gasteiger partial charge in [0.1, 0.15) is 16.6 Å². The number of thiazole rings is 1. The summed E-state index contributed by atoms with van der Waals surface area (Å²) < 4.78 is 15.5. The van der Waals surface area contributed by atoms with Gasteiger partial charge in [0.05, 0.1) is 17.6 Å². The molecule has 6 heteroatoms. The summed E-state index contributed by atoms with van der Waals surface area (Å²) in [7, 11) is 0. The van der Waals surface area contributed by atoms with Gasteiger partial charge in [-0.05, 0) is 25.1 Å². The van der Waals surface area contributed by atoms with Crippen molar-refractivity contribution in [2.75, 3.05) is 5.88 Å². The van der Waals surface area contributed by atoms with Gasteiger partial charge >= 0.3 is 0 Å². The normalized spacial score (nSPS) is 11.3. The molecule has 20 heavy (non-hydrogen) atoms. The minimum absolute atomic E-state index is 0.258. The maximum absolute atomic E-state index is 13.5. The summed E-state index contributed by atoms with van der Waals surface area (Å²) >= 11 is 7.43. The molecule has 0 fully saturated rings. The van der Waals surface area contributed by atoms with Crippen molar-refractivity contribution in [2.45, 2.75) is 19.9 Å². The van der Waals surface area contributed by atoms with Crippen LogP contribution in [0.2, 0.25) is 0 Å². The number of nitrogens with zero attached hydrogens (tertiary/aromatic N) is 3. The molecule has 2 heterocycles. The Hall–Kier alpha value is -1.46. The van der Waals surface area contributed by atoms with Crippen molar-refractivity contribution >= 4 is 34.0 Å². The third kappa shape index (κ3) is 2.55. The minimum atomic E-state index is -0.258. The van der Waals surface area contributed by atoms with E-state index in [0.717, 1.165) is 27.6 Å². The van der Waals surface area contributed by atoms with Crippen LogP contribution in [0.3, 0.4) is 0 Å². The zero-order chi connectivity index (χ0) is 14.1. The molecule has 3 aromatic rings. The molecule has 1 aromatic carbocycles. The molecule has 0 bridgehead atoms. The van der Waals surface area contributed by atoms with Crippen LogP contribution in [-0.4, -0.2) is 20.4 Å². The van der Waals surface area contributed by atoms with Crippen molar-refractivity contribution < 1.29 is 4.39 Å². The lowest BCUT2D eigenvalue weighted by molar-refractivity contribution is 0.628. The van der Waals surface area contributed by atoms with Gasteiger partial charge in [-0.1, -0.05) is 0 Å². The molecule has 0 saturated carbocycles. The molecule has 0 N–H and O–H groups in total. The first-order valence-corrected chi connectivity index (χ1v) is 7.70. The van der Waals surface area contributed by atoms with Gasteiger partial charge in [0.2, 0.25) is 0 Å². The summed E-state index contributed by atoms with van der Waals surface area (Å²) in [6.45, 7) is 2.57. The first kappa shape index (κ1) is 13.5. The van der Waals surface area contributed by atoms with Crippen molar-refractivity contribution in [3.8, 4) is 0 Å². The number of rotatable bonds is 4. The van der Waals surface area contributed by atoms with Crippen molar-refractivity contribution in [3.63, 3.8) is 0 Å². The number of hydrogen-bond acceptors (Lipinski definition) is 3. The van der Waals surface area contributed by atoms with Gasteiger partial charge in [-0.15, -0.1) is 22.9 Å². The number of aryl methyl sites for hydroxylation is 2. The number of benzene rings is 1. The smallest absolute Gasteiger partial charge is 0.125 e. The number of hydrogen-bond donors (Lipinski definition) is 0. The first-order valence-electron chi connectivity index (χ1n) is 6.29. The zero-order valence-corrected chi connectivity index (χ0v) is 12.5. The van der Waals surface area contributed by atoms with Crippen LogP contribution in [0.4, 0.5) is 4.39 Å². The summed E-state index contributed by atoms with van der Waals surface area (Å²) in [5.41, 5.74) is 2.58. The monoisotopic (exact) mass is 309 g/mol. The van der Waals surface area contributed by atoms with Crippen molar-refractivity contribution in [1.29, 1.82) is 0 Å². The standard InChI is InChI=1S/C14H13ClFN3S/c1-9-8-20-14(17-9)7-19-12-6-10(16)2-3-11(12)18-13(19)4-5-15/h2-3,6,8H,4-5,7H2,1H3. The van der Waals surface area contributed by atoms with Crippen LogP contribution < -0.4 is 0 Å². The van der Waals surface area contributed by atoms with Gasteiger partial charge in [-0.25, -0.2) is 14.4 Å². The molecule has 0 radical (unpaired) electrons. The lowest BCUT2D eigenvalue weighted by Gasteiger charge is -2.06. The summed E-state index contributed by atoms with van der Waals surface area (Å²) in [4.78, 5) is 8.99. The highest BCUT2D eigenvalue weighted by Gasteiger charge is 2.12. The second kappa shape index (κ2) is 5.50.